The Labute approximate surface area is 221 Å². The number of para-hydroxylation sites is 1. The van der Waals surface area contributed by atoms with Crippen molar-refractivity contribution in [2.75, 3.05) is 0 Å². The zero-order valence-electron chi connectivity index (χ0n) is 19.3. The fraction of sp³-hybridized carbons (Fsp3) is 0.103. The first-order chi connectivity index (χ1) is 18.0. The number of aromatic nitrogens is 1. The van der Waals surface area contributed by atoms with E-state index in [0.717, 1.165) is 10.4 Å². The van der Waals surface area contributed by atoms with Crippen LogP contribution in [0.3, 0.4) is 0 Å². The van der Waals surface area contributed by atoms with E-state index in [0.29, 0.717) is 43.4 Å². The number of fused-ring (bicyclic) bond motifs is 2. The number of carbonyl (C=O) groups excluding carboxylic acids is 1. The average molecular weight is 532 g/mol. The van der Waals surface area contributed by atoms with Gasteiger partial charge in [-0.05, 0) is 36.4 Å². The van der Waals surface area contributed by atoms with Gasteiger partial charge < -0.3 is 14.2 Å². The Balaban J connectivity index is 1.30. The van der Waals surface area contributed by atoms with Gasteiger partial charge in [0.1, 0.15) is 18.2 Å². The molecule has 1 atom stereocenters. The second kappa shape index (κ2) is 9.94. The average Bonchev–Trinajstić information content (AvgIpc) is 3.37. The van der Waals surface area contributed by atoms with Crippen LogP contribution in [-0.4, -0.2) is 11.0 Å². The molecule has 0 aliphatic carbocycles. The Kier molecular flexibility index (Phi) is 6.34. The van der Waals surface area contributed by atoms with Crippen LogP contribution >= 0.6 is 22.9 Å². The predicted molar refractivity (Wildman–Crippen MR) is 140 cm³/mol. The van der Waals surface area contributed by atoms with Crippen molar-refractivity contribution in [2.24, 2.45) is 0 Å². The van der Waals surface area contributed by atoms with E-state index in [2.05, 4.69) is 4.98 Å². The van der Waals surface area contributed by atoms with Crippen LogP contribution in [0.25, 0.3) is 21.5 Å². The smallest absolute Gasteiger partial charge is 0.339 e. The molecule has 0 N–H and O–H groups in total. The van der Waals surface area contributed by atoms with E-state index >= 15 is 0 Å². The zero-order chi connectivity index (χ0) is 25.4. The summed E-state index contributed by atoms with van der Waals surface area (Å²) in [6.07, 6.45) is -0.641. The lowest BCUT2D eigenvalue weighted by atomic mass is 10.1. The molecule has 1 aliphatic rings. The second-order valence-electron chi connectivity index (χ2n) is 8.48. The number of benzene rings is 3. The summed E-state index contributed by atoms with van der Waals surface area (Å²) in [7, 11) is 0. The molecule has 0 spiro atoms. The van der Waals surface area contributed by atoms with Crippen LogP contribution in [0.4, 0.5) is 4.39 Å². The SMILES string of the molecule is O=C(OCc1cc(F)cc2c1O[C@H](c1ccccc1)OC2)c1cc(-c2ccc(Cl)s2)nc2ccccc12. The minimum Gasteiger partial charge on any atom is -0.460 e. The van der Waals surface area contributed by atoms with Gasteiger partial charge in [-0.15, -0.1) is 11.3 Å². The van der Waals surface area contributed by atoms with Crippen LogP contribution in [0.1, 0.15) is 33.3 Å². The summed E-state index contributed by atoms with van der Waals surface area (Å²) < 4.78 is 32.6. The molecule has 0 saturated heterocycles. The Morgan fingerprint density at radius 3 is 2.68 bits per heavy atom. The molecule has 5 nitrogen and oxygen atoms in total. The first-order valence-corrected chi connectivity index (χ1v) is 12.7. The maximum Gasteiger partial charge on any atom is 0.339 e. The molecule has 0 amide bonds. The van der Waals surface area contributed by atoms with Crippen molar-refractivity contribution < 1.29 is 23.4 Å². The van der Waals surface area contributed by atoms with E-state index in [9.17, 15) is 9.18 Å². The summed E-state index contributed by atoms with van der Waals surface area (Å²) >= 11 is 7.49. The molecule has 0 unspecified atom stereocenters. The van der Waals surface area contributed by atoms with Gasteiger partial charge in [0.15, 0.2) is 0 Å². The lowest BCUT2D eigenvalue weighted by molar-refractivity contribution is -0.112. The van der Waals surface area contributed by atoms with Crippen molar-refractivity contribution in [1.82, 2.24) is 4.98 Å². The maximum absolute atomic E-state index is 14.4. The quantitative estimate of drug-likeness (QED) is 0.217. The highest BCUT2D eigenvalue weighted by molar-refractivity contribution is 7.19. The number of ether oxygens (including phenoxy) is 3. The number of nitrogens with zero attached hydrogens (tertiary/aromatic N) is 1. The fourth-order valence-corrected chi connectivity index (χ4v) is 5.31. The Hall–Kier alpha value is -3.78. The third-order valence-electron chi connectivity index (χ3n) is 6.01. The topological polar surface area (TPSA) is 57.7 Å². The molecule has 8 heteroatoms. The molecule has 1 aliphatic heterocycles. The minimum absolute atomic E-state index is 0.169. The molecule has 3 aromatic carbocycles. The third kappa shape index (κ3) is 4.81. The molecule has 0 saturated carbocycles. The van der Waals surface area contributed by atoms with Gasteiger partial charge in [0.25, 0.3) is 0 Å². The predicted octanol–water partition coefficient (Wildman–Crippen LogP) is 7.72. The summed E-state index contributed by atoms with van der Waals surface area (Å²) in [4.78, 5) is 18.9. The summed E-state index contributed by atoms with van der Waals surface area (Å²) in [6, 6.07) is 24.9. The van der Waals surface area contributed by atoms with Crippen LogP contribution in [0.5, 0.6) is 5.75 Å². The Morgan fingerprint density at radius 2 is 1.86 bits per heavy atom. The van der Waals surface area contributed by atoms with Gasteiger partial charge in [0.05, 0.1) is 32.6 Å². The van der Waals surface area contributed by atoms with Gasteiger partial charge in [0.2, 0.25) is 6.29 Å². The normalized spacial score (nSPS) is 14.7. The van der Waals surface area contributed by atoms with E-state index in [4.69, 9.17) is 25.8 Å². The number of carbonyl (C=O) groups is 1. The lowest BCUT2D eigenvalue weighted by Crippen LogP contribution is -2.20. The summed E-state index contributed by atoms with van der Waals surface area (Å²) in [5.41, 5.74) is 3.47. The van der Waals surface area contributed by atoms with E-state index in [1.807, 2.05) is 60.7 Å². The standard InChI is InChI=1S/C29H19ClFNO4S/c30-26-11-10-25(37-26)24-14-22(21-8-4-5-9-23(21)32-24)28(33)34-15-18-12-20(31)13-19-16-35-29(36-27(18)19)17-6-2-1-3-7-17/h1-14,29H,15-16H2/t29-/m1/s1. The molecule has 0 radical (unpaired) electrons. The fourth-order valence-electron chi connectivity index (χ4n) is 4.30. The Bertz CT molecular complexity index is 1620. The first kappa shape index (κ1) is 23.6. The highest BCUT2D eigenvalue weighted by Crippen LogP contribution is 2.37. The molecule has 0 fully saturated rings. The van der Waals surface area contributed by atoms with Crippen LogP contribution < -0.4 is 4.74 Å². The molecule has 6 rings (SSSR count). The summed E-state index contributed by atoms with van der Waals surface area (Å²) in [5, 5.41) is 0.661. The van der Waals surface area contributed by atoms with Crippen LogP contribution in [-0.2, 0) is 22.7 Å². The third-order valence-corrected chi connectivity index (χ3v) is 7.27. The van der Waals surface area contributed by atoms with Crippen LogP contribution in [0.15, 0.2) is 84.9 Å². The monoisotopic (exact) mass is 531 g/mol. The number of halogens is 2. The second-order valence-corrected chi connectivity index (χ2v) is 10.2. The highest BCUT2D eigenvalue weighted by Gasteiger charge is 2.26. The van der Waals surface area contributed by atoms with E-state index < -0.39 is 18.1 Å². The maximum atomic E-state index is 14.4. The van der Waals surface area contributed by atoms with E-state index in [-0.39, 0.29) is 13.2 Å². The number of hydrogen-bond acceptors (Lipinski definition) is 6. The zero-order valence-corrected chi connectivity index (χ0v) is 20.9. The molecular formula is C29H19ClFNO4S. The molecule has 184 valence electrons. The van der Waals surface area contributed by atoms with Crippen molar-refractivity contribution in [3.63, 3.8) is 0 Å². The van der Waals surface area contributed by atoms with Gasteiger partial charge in [-0.25, -0.2) is 14.2 Å². The number of thiophene rings is 1. The molecule has 37 heavy (non-hydrogen) atoms. The van der Waals surface area contributed by atoms with Gasteiger partial charge in [-0.2, -0.15) is 0 Å². The van der Waals surface area contributed by atoms with Gasteiger partial charge in [0, 0.05) is 22.1 Å². The first-order valence-electron chi connectivity index (χ1n) is 11.5. The lowest BCUT2D eigenvalue weighted by Gasteiger charge is -2.28. The van der Waals surface area contributed by atoms with Crippen LogP contribution in [0.2, 0.25) is 4.34 Å². The van der Waals surface area contributed by atoms with Crippen molar-refractivity contribution in [3.05, 3.63) is 117 Å². The molecular weight excluding hydrogens is 513 g/mol. The van der Waals surface area contributed by atoms with Crippen molar-refractivity contribution in [1.29, 1.82) is 0 Å². The molecule has 0 bridgehead atoms. The minimum atomic E-state index is -0.641. The Morgan fingerprint density at radius 1 is 1.05 bits per heavy atom. The van der Waals surface area contributed by atoms with Gasteiger partial charge in [-0.3, -0.25) is 0 Å². The summed E-state index contributed by atoms with van der Waals surface area (Å²) in [6.45, 7) is 0.00652. The van der Waals surface area contributed by atoms with Crippen LogP contribution in [0, 0.1) is 5.82 Å². The van der Waals surface area contributed by atoms with Crippen molar-refractivity contribution >= 4 is 39.8 Å². The number of hydrogen-bond donors (Lipinski definition) is 0. The van der Waals surface area contributed by atoms with Crippen molar-refractivity contribution in [3.8, 4) is 16.3 Å². The van der Waals surface area contributed by atoms with E-state index in [1.54, 1.807) is 12.1 Å². The van der Waals surface area contributed by atoms with Gasteiger partial charge in [-0.1, -0.05) is 60.1 Å². The largest absolute Gasteiger partial charge is 0.460 e. The molecule has 5 aromatic rings. The number of pyridine rings is 1. The summed E-state index contributed by atoms with van der Waals surface area (Å²) in [5.74, 6) is -0.545. The van der Waals surface area contributed by atoms with E-state index in [1.165, 1.54) is 23.5 Å². The molecule has 3 heterocycles. The number of rotatable bonds is 5. The number of esters is 1. The van der Waals surface area contributed by atoms with Crippen molar-refractivity contribution in [2.45, 2.75) is 19.5 Å². The molecule has 2 aromatic heterocycles. The highest BCUT2D eigenvalue weighted by atomic mass is 35.5. The van der Waals surface area contributed by atoms with Gasteiger partial charge >= 0.3 is 5.97 Å².